The van der Waals surface area contributed by atoms with Gasteiger partial charge in [-0.25, -0.2) is 4.79 Å². The van der Waals surface area contributed by atoms with Gasteiger partial charge in [0.2, 0.25) is 5.91 Å². The molecule has 1 N–H and O–H groups in total. The van der Waals surface area contributed by atoms with Crippen molar-refractivity contribution in [1.82, 2.24) is 15.1 Å². The molecule has 0 spiro atoms. The zero-order valence-electron chi connectivity index (χ0n) is 11.6. The van der Waals surface area contributed by atoms with Crippen LogP contribution in [0.2, 0.25) is 5.02 Å². The Morgan fingerprint density at radius 3 is 2.70 bits per heavy atom. The van der Waals surface area contributed by atoms with Crippen LogP contribution in [0.3, 0.4) is 0 Å². The monoisotopic (exact) mass is 319 g/mol. The number of halogens is 1. The molecule has 1 rings (SSSR count). The number of ether oxygens (including phenoxy) is 1. The fraction of sp³-hybridized carbons (Fsp3) is 0.583. The fourth-order valence-corrected chi connectivity index (χ4v) is 1.87. The van der Waals surface area contributed by atoms with Crippen LogP contribution in [0.1, 0.15) is 25.6 Å². The molecule has 1 aromatic heterocycles. The van der Waals surface area contributed by atoms with Crippen molar-refractivity contribution in [3.05, 3.63) is 16.9 Å². The summed E-state index contributed by atoms with van der Waals surface area (Å²) in [6.45, 7) is 5.37. The van der Waals surface area contributed by atoms with Crippen molar-refractivity contribution in [3.63, 3.8) is 0 Å². The molecule has 1 aromatic rings. The molecule has 0 saturated carbocycles. The number of amides is 1. The van der Waals surface area contributed by atoms with E-state index in [1.807, 2.05) is 0 Å². The minimum Gasteiger partial charge on any atom is -0.464 e. The molecule has 0 aliphatic carbocycles. The Morgan fingerprint density at radius 2 is 2.25 bits per heavy atom. The highest BCUT2D eigenvalue weighted by molar-refractivity contribution is 7.80. The molecule has 8 heteroatoms. The molecule has 0 bridgehead atoms. The highest BCUT2D eigenvalue weighted by Crippen LogP contribution is 2.16. The van der Waals surface area contributed by atoms with Gasteiger partial charge in [-0.1, -0.05) is 11.6 Å². The van der Waals surface area contributed by atoms with E-state index < -0.39 is 18.1 Å². The third-order valence-electron chi connectivity index (χ3n) is 2.70. The smallest absolute Gasteiger partial charge is 0.329 e. The molecule has 0 aliphatic heterocycles. The summed E-state index contributed by atoms with van der Waals surface area (Å²) in [7, 11) is 0. The molecule has 0 fully saturated rings. The average Bonchev–Trinajstić information content (AvgIpc) is 2.75. The van der Waals surface area contributed by atoms with Crippen LogP contribution >= 0.6 is 24.2 Å². The molecule has 2 atom stereocenters. The number of aromatic nitrogens is 2. The third kappa shape index (κ3) is 4.14. The van der Waals surface area contributed by atoms with Crippen molar-refractivity contribution in [2.75, 3.05) is 12.4 Å². The van der Waals surface area contributed by atoms with Crippen LogP contribution in [0.25, 0.3) is 0 Å². The van der Waals surface area contributed by atoms with Crippen LogP contribution in [0.15, 0.2) is 6.20 Å². The van der Waals surface area contributed by atoms with Gasteiger partial charge in [0.25, 0.3) is 0 Å². The Kier molecular flexibility index (Phi) is 6.35. The molecule has 6 nitrogen and oxygen atoms in total. The van der Waals surface area contributed by atoms with Crippen molar-refractivity contribution < 1.29 is 14.3 Å². The molecule has 1 heterocycles. The second kappa shape index (κ2) is 7.54. The normalized spacial score (nSPS) is 13.7. The first-order valence-electron chi connectivity index (χ1n) is 6.19. The van der Waals surface area contributed by atoms with Crippen LogP contribution in [-0.4, -0.2) is 40.1 Å². The first-order chi connectivity index (χ1) is 9.40. The summed E-state index contributed by atoms with van der Waals surface area (Å²) in [6, 6.07) is -1.36. The lowest BCUT2D eigenvalue weighted by Crippen LogP contribution is -2.45. The van der Waals surface area contributed by atoms with E-state index >= 15 is 0 Å². The van der Waals surface area contributed by atoms with Crippen LogP contribution < -0.4 is 5.32 Å². The first kappa shape index (κ1) is 16.8. The predicted molar refractivity (Wildman–Crippen MR) is 79.1 cm³/mol. The van der Waals surface area contributed by atoms with E-state index in [-0.39, 0.29) is 18.3 Å². The van der Waals surface area contributed by atoms with Gasteiger partial charge in [0, 0.05) is 11.9 Å². The Morgan fingerprint density at radius 1 is 1.60 bits per heavy atom. The molecular weight excluding hydrogens is 302 g/mol. The van der Waals surface area contributed by atoms with Gasteiger partial charge in [0.1, 0.15) is 12.1 Å². The Hall–Kier alpha value is -1.21. The van der Waals surface area contributed by atoms with Crippen molar-refractivity contribution in [3.8, 4) is 0 Å². The molecule has 20 heavy (non-hydrogen) atoms. The van der Waals surface area contributed by atoms with Gasteiger partial charge >= 0.3 is 5.97 Å². The Balaban J connectivity index is 2.71. The van der Waals surface area contributed by atoms with Gasteiger partial charge < -0.3 is 10.1 Å². The second-order valence-electron chi connectivity index (χ2n) is 4.21. The number of carbonyl (C=O) groups excluding carboxylic acids is 2. The standard InChI is InChI=1S/C12H18ClN3O3S/c1-4-19-12(18)10(6-20)14-11(17)8(3)16-5-9(13)7(2)15-16/h5,8,10,20H,4,6H2,1-3H3,(H,14,17)/t8?,10-/m0/s1. The van der Waals surface area contributed by atoms with Crippen LogP contribution in [-0.2, 0) is 14.3 Å². The molecule has 112 valence electrons. The molecule has 0 aliphatic rings. The number of carbonyl (C=O) groups is 2. The number of aryl methyl sites for hydroxylation is 1. The van der Waals surface area contributed by atoms with Crippen LogP contribution in [0, 0.1) is 6.92 Å². The van der Waals surface area contributed by atoms with Gasteiger partial charge in [0.05, 0.1) is 17.3 Å². The van der Waals surface area contributed by atoms with E-state index in [9.17, 15) is 9.59 Å². The van der Waals surface area contributed by atoms with Gasteiger partial charge in [-0.3, -0.25) is 9.48 Å². The lowest BCUT2D eigenvalue weighted by molar-refractivity contribution is -0.147. The summed E-state index contributed by atoms with van der Waals surface area (Å²) in [5.41, 5.74) is 0.641. The lowest BCUT2D eigenvalue weighted by Gasteiger charge is -2.18. The Bertz CT molecular complexity index is 473. The summed E-state index contributed by atoms with van der Waals surface area (Å²) in [5, 5.41) is 7.21. The summed E-state index contributed by atoms with van der Waals surface area (Å²) < 4.78 is 6.31. The molecule has 1 amide bonds. The number of hydrogen-bond donors (Lipinski definition) is 2. The third-order valence-corrected chi connectivity index (χ3v) is 3.44. The van der Waals surface area contributed by atoms with Crippen molar-refractivity contribution >= 4 is 36.1 Å². The van der Waals surface area contributed by atoms with E-state index in [2.05, 4.69) is 23.0 Å². The Labute approximate surface area is 128 Å². The quantitative estimate of drug-likeness (QED) is 0.614. The topological polar surface area (TPSA) is 73.2 Å². The van der Waals surface area contributed by atoms with E-state index in [1.165, 1.54) is 4.68 Å². The average molecular weight is 320 g/mol. The highest BCUT2D eigenvalue weighted by atomic mass is 35.5. The number of hydrogen-bond acceptors (Lipinski definition) is 5. The van der Waals surface area contributed by atoms with Gasteiger partial charge in [-0.05, 0) is 20.8 Å². The molecule has 0 radical (unpaired) electrons. The summed E-state index contributed by atoms with van der Waals surface area (Å²) in [6.07, 6.45) is 1.57. The fourth-order valence-electron chi connectivity index (χ4n) is 1.49. The zero-order valence-corrected chi connectivity index (χ0v) is 13.2. The molecule has 0 saturated heterocycles. The number of nitrogens with one attached hydrogen (secondary N) is 1. The van der Waals surface area contributed by atoms with E-state index in [0.29, 0.717) is 10.7 Å². The minimum atomic E-state index is -0.777. The number of thiol groups is 1. The van der Waals surface area contributed by atoms with Crippen LogP contribution in [0.4, 0.5) is 0 Å². The highest BCUT2D eigenvalue weighted by Gasteiger charge is 2.24. The van der Waals surface area contributed by atoms with Crippen LogP contribution in [0.5, 0.6) is 0 Å². The van der Waals surface area contributed by atoms with Crippen molar-refractivity contribution in [1.29, 1.82) is 0 Å². The predicted octanol–water partition coefficient (Wildman–Crippen LogP) is 1.38. The summed E-state index contributed by atoms with van der Waals surface area (Å²) in [5.74, 6) is -0.690. The van der Waals surface area contributed by atoms with Gasteiger partial charge in [-0.2, -0.15) is 17.7 Å². The van der Waals surface area contributed by atoms with Crippen molar-refractivity contribution in [2.24, 2.45) is 0 Å². The summed E-state index contributed by atoms with van der Waals surface area (Å²) in [4.78, 5) is 23.7. The molecular formula is C12H18ClN3O3S. The van der Waals surface area contributed by atoms with E-state index in [1.54, 1.807) is 27.0 Å². The first-order valence-corrected chi connectivity index (χ1v) is 7.20. The van der Waals surface area contributed by atoms with E-state index in [4.69, 9.17) is 16.3 Å². The van der Waals surface area contributed by atoms with Gasteiger partial charge in [-0.15, -0.1) is 0 Å². The lowest BCUT2D eigenvalue weighted by atomic mass is 10.2. The SMILES string of the molecule is CCOC(=O)[C@H](CS)NC(=O)C(C)n1cc(Cl)c(C)n1. The maximum Gasteiger partial charge on any atom is 0.329 e. The molecule has 0 aromatic carbocycles. The minimum absolute atomic E-state index is 0.163. The largest absolute Gasteiger partial charge is 0.464 e. The number of nitrogens with zero attached hydrogens (tertiary/aromatic N) is 2. The molecule has 1 unspecified atom stereocenters. The van der Waals surface area contributed by atoms with Crippen molar-refractivity contribution in [2.45, 2.75) is 32.9 Å². The number of rotatable bonds is 6. The van der Waals surface area contributed by atoms with Gasteiger partial charge in [0.15, 0.2) is 0 Å². The van der Waals surface area contributed by atoms with E-state index in [0.717, 1.165) is 0 Å². The maximum atomic E-state index is 12.1. The zero-order chi connectivity index (χ0) is 15.3. The summed E-state index contributed by atoms with van der Waals surface area (Å²) >= 11 is 9.94. The number of esters is 1. The second-order valence-corrected chi connectivity index (χ2v) is 4.99. The maximum absolute atomic E-state index is 12.1.